The molecular formula is C9H8Cl2O. The highest BCUT2D eigenvalue weighted by atomic mass is 35.5. The van der Waals surface area contributed by atoms with E-state index < -0.39 is 0 Å². The molecule has 0 bridgehead atoms. The molecule has 1 aromatic carbocycles. The van der Waals surface area contributed by atoms with Gasteiger partial charge in [-0.15, -0.1) is 6.58 Å². The van der Waals surface area contributed by atoms with Crippen molar-refractivity contribution in [2.75, 3.05) is 0 Å². The Labute approximate surface area is 81.2 Å². The fourth-order valence-electron chi connectivity index (χ4n) is 0.929. The number of hydrogen-bond acceptors (Lipinski definition) is 1. The first-order chi connectivity index (χ1) is 5.65. The van der Waals surface area contributed by atoms with E-state index in [2.05, 4.69) is 6.58 Å². The van der Waals surface area contributed by atoms with E-state index in [-0.39, 0.29) is 5.75 Å². The third-order valence-corrected chi connectivity index (χ3v) is 2.15. The third-order valence-electron chi connectivity index (χ3n) is 1.47. The molecule has 0 aliphatic carbocycles. The highest BCUT2D eigenvalue weighted by Crippen LogP contribution is 2.29. The van der Waals surface area contributed by atoms with Gasteiger partial charge in [0.05, 0.1) is 0 Å². The zero-order valence-corrected chi connectivity index (χ0v) is 7.86. The van der Waals surface area contributed by atoms with Crippen LogP contribution in [0.25, 0.3) is 0 Å². The fraction of sp³-hybridized carbons (Fsp3) is 0.111. The summed E-state index contributed by atoms with van der Waals surface area (Å²) in [6.07, 6.45) is 2.32. The van der Waals surface area contributed by atoms with Gasteiger partial charge in [-0.2, -0.15) is 0 Å². The summed E-state index contributed by atoms with van der Waals surface area (Å²) in [5.74, 6) is 0.0813. The Kier molecular flexibility index (Phi) is 3.01. The van der Waals surface area contributed by atoms with Gasteiger partial charge in [0, 0.05) is 10.0 Å². The van der Waals surface area contributed by atoms with Gasteiger partial charge in [0.15, 0.2) is 0 Å². The van der Waals surface area contributed by atoms with E-state index in [0.29, 0.717) is 16.5 Å². The lowest BCUT2D eigenvalue weighted by Crippen LogP contribution is -1.84. The second kappa shape index (κ2) is 3.83. The van der Waals surface area contributed by atoms with Crippen LogP contribution in [0, 0.1) is 0 Å². The molecule has 0 aromatic heterocycles. The summed E-state index contributed by atoms with van der Waals surface area (Å²) in [7, 11) is 0. The van der Waals surface area contributed by atoms with Crippen molar-refractivity contribution in [3.63, 3.8) is 0 Å². The maximum absolute atomic E-state index is 9.09. The van der Waals surface area contributed by atoms with Crippen LogP contribution in [0.5, 0.6) is 5.75 Å². The Morgan fingerprint density at radius 3 is 2.25 bits per heavy atom. The summed E-state index contributed by atoms with van der Waals surface area (Å²) in [6, 6.07) is 2.93. The lowest BCUT2D eigenvalue weighted by atomic mass is 10.1. The number of phenols is 1. The number of phenolic OH excluding ortho intramolecular Hbond substituents is 1. The minimum atomic E-state index is 0.0813. The van der Waals surface area contributed by atoms with Crippen LogP contribution >= 0.6 is 23.2 Å². The highest BCUT2D eigenvalue weighted by Gasteiger charge is 2.05. The van der Waals surface area contributed by atoms with Crippen molar-refractivity contribution < 1.29 is 5.11 Å². The van der Waals surface area contributed by atoms with Gasteiger partial charge >= 0.3 is 0 Å². The van der Waals surface area contributed by atoms with E-state index in [1.54, 1.807) is 6.08 Å². The van der Waals surface area contributed by atoms with Crippen LogP contribution in [0.3, 0.4) is 0 Å². The zero-order valence-electron chi connectivity index (χ0n) is 6.35. The summed E-state index contributed by atoms with van der Waals surface area (Å²) >= 11 is 11.6. The van der Waals surface area contributed by atoms with Crippen LogP contribution in [0.1, 0.15) is 5.56 Å². The Bertz CT molecular complexity index is 284. The standard InChI is InChI=1S/C9H8Cl2O/c1-2-3-7-8(10)4-6(12)5-9(7)11/h2,4-5,12H,1,3H2. The lowest BCUT2D eigenvalue weighted by molar-refractivity contribution is 0.475. The Morgan fingerprint density at radius 1 is 1.33 bits per heavy atom. The molecule has 0 saturated heterocycles. The summed E-state index contributed by atoms with van der Waals surface area (Å²) < 4.78 is 0. The van der Waals surface area contributed by atoms with E-state index in [1.807, 2.05) is 0 Å². The second-order valence-electron chi connectivity index (χ2n) is 2.38. The van der Waals surface area contributed by atoms with Crippen LogP contribution in [0.4, 0.5) is 0 Å². The fourth-order valence-corrected chi connectivity index (χ4v) is 1.56. The van der Waals surface area contributed by atoms with Crippen molar-refractivity contribution in [1.29, 1.82) is 0 Å². The van der Waals surface area contributed by atoms with Crippen molar-refractivity contribution in [2.24, 2.45) is 0 Å². The molecule has 0 atom stereocenters. The van der Waals surface area contributed by atoms with Crippen LogP contribution in [-0.2, 0) is 6.42 Å². The largest absolute Gasteiger partial charge is 0.508 e. The summed E-state index contributed by atoms with van der Waals surface area (Å²) in [4.78, 5) is 0. The molecule has 0 amide bonds. The van der Waals surface area contributed by atoms with Crippen LogP contribution < -0.4 is 0 Å². The molecule has 0 fully saturated rings. The molecule has 0 radical (unpaired) electrons. The van der Waals surface area contributed by atoms with Gasteiger partial charge in [0.2, 0.25) is 0 Å². The number of benzene rings is 1. The van der Waals surface area contributed by atoms with Gasteiger partial charge in [-0.05, 0) is 24.1 Å². The first-order valence-electron chi connectivity index (χ1n) is 3.43. The van der Waals surface area contributed by atoms with Crippen LogP contribution in [0.15, 0.2) is 24.8 Å². The van der Waals surface area contributed by atoms with E-state index in [1.165, 1.54) is 12.1 Å². The van der Waals surface area contributed by atoms with E-state index in [9.17, 15) is 0 Å². The molecule has 12 heavy (non-hydrogen) atoms. The first kappa shape index (κ1) is 9.43. The maximum atomic E-state index is 9.09. The molecule has 0 aliphatic rings. The van der Waals surface area contributed by atoms with Crippen molar-refractivity contribution >= 4 is 23.2 Å². The molecule has 0 saturated carbocycles. The van der Waals surface area contributed by atoms with E-state index >= 15 is 0 Å². The molecule has 3 heteroatoms. The van der Waals surface area contributed by atoms with E-state index in [4.69, 9.17) is 28.3 Å². The number of rotatable bonds is 2. The monoisotopic (exact) mass is 202 g/mol. The topological polar surface area (TPSA) is 20.2 Å². The van der Waals surface area contributed by atoms with E-state index in [0.717, 1.165) is 5.56 Å². The van der Waals surface area contributed by atoms with Gasteiger partial charge < -0.3 is 5.11 Å². The van der Waals surface area contributed by atoms with Gasteiger partial charge in [0.1, 0.15) is 5.75 Å². The van der Waals surface area contributed by atoms with Crippen molar-refractivity contribution in [1.82, 2.24) is 0 Å². The zero-order chi connectivity index (χ0) is 9.14. The van der Waals surface area contributed by atoms with Crippen LogP contribution in [0.2, 0.25) is 10.0 Å². The van der Waals surface area contributed by atoms with Crippen LogP contribution in [-0.4, -0.2) is 5.11 Å². The average molecular weight is 203 g/mol. The SMILES string of the molecule is C=CCc1c(Cl)cc(O)cc1Cl. The van der Waals surface area contributed by atoms with Crippen molar-refractivity contribution in [3.8, 4) is 5.75 Å². The van der Waals surface area contributed by atoms with Gasteiger partial charge in [-0.25, -0.2) is 0 Å². The summed E-state index contributed by atoms with van der Waals surface area (Å²) in [5.41, 5.74) is 0.797. The Balaban J connectivity index is 3.18. The Hall–Kier alpha value is -0.660. The van der Waals surface area contributed by atoms with Crippen molar-refractivity contribution in [2.45, 2.75) is 6.42 Å². The first-order valence-corrected chi connectivity index (χ1v) is 4.18. The van der Waals surface area contributed by atoms with Gasteiger partial charge in [-0.1, -0.05) is 29.3 Å². The number of aromatic hydroxyl groups is 1. The molecule has 1 N–H and O–H groups in total. The maximum Gasteiger partial charge on any atom is 0.118 e. The number of allylic oxidation sites excluding steroid dienone is 1. The minimum absolute atomic E-state index is 0.0813. The second-order valence-corrected chi connectivity index (χ2v) is 3.20. The molecule has 1 rings (SSSR count). The average Bonchev–Trinajstić information content (AvgIpc) is 1.96. The third kappa shape index (κ3) is 1.93. The molecule has 64 valence electrons. The van der Waals surface area contributed by atoms with Gasteiger partial charge in [-0.3, -0.25) is 0 Å². The highest BCUT2D eigenvalue weighted by molar-refractivity contribution is 6.36. The Morgan fingerprint density at radius 2 is 1.83 bits per heavy atom. The summed E-state index contributed by atoms with van der Waals surface area (Å²) in [5, 5.41) is 10.0. The molecular weight excluding hydrogens is 195 g/mol. The molecule has 1 nitrogen and oxygen atoms in total. The molecule has 0 heterocycles. The number of hydrogen-bond donors (Lipinski definition) is 1. The number of halogens is 2. The minimum Gasteiger partial charge on any atom is -0.508 e. The summed E-state index contributed by atoms with van der Waals surface area (Å²) in [6.45, 7) is 3.58. The molecule has 0 aliphatic heterocycles. The quantitative estimate of drug-likeness (QED) is 0.730. The normalized spacial score (nSPS) is 9.83. The predicted octanol–water partition coefficient (Wildman–Crippen LogP) is 3.43. The lowest BCUT2D eigenvalue weighted by Gasteiger charge is -2.04. The molecule has 1 aromatic rings. The molecule has 0 spiro atoms. The predicted molar refractivity (Wildman–Crippen MR) is 52.0 cm³/mol. The van der Waals surface area contributed by atoms with Gasteiger partial charge in [0.25, 0.3) is 0 Å². The smallest absolute Gasteiger partial charge is 0.118 e. The van der Waals surface area contributed by atoms with Crippen molar-refractivity contribution in [3.05, 3.63) is 40.4 Å². The molecule has 0 unspecified atom stereocenters.